The number of aromatic nitrogens is 3. The second-order valence-corrected chi connectivity index (χ2v) is 6.20. The fourth-order valence-electron chi connectivity index (χ4n) is 2.67. The minimum absolute atomic E-state index is 0.0340. The molecule has 0 unspecified atom stereocenters. The Labute approximate surface area is 145 Å². The molecule has 0 atom stereocenters. The van der Waals surface area contributed by atoms with E-state index in [9.17, 15) is 14.4 Å². The molecule has 1 fully saturated rings. The largest absolute Gasteiger partial charge is 0.380 e. The number of rotatable bonds is 10. The maximum Gasteiger partial charge on any atom is 0.336 e. The highest BCUT2D eigenvalue weighted by Crippen LogP contribution is 2.31. The SMILES string of the molecule is C=CCn1c(=O)n(CC=C)c(=O)n(CCOCC2(CC)COC2)c1=O. The smallest absolute Gasteiger partial charge is 0.336 e. The van der Waals surface area contributed by atoms with Crippen molar-refractivity contribution in [1.29, 1.82) is 0 Å². The fraction of sp³-hybridized carbons (Fsp3) is 0.588. The van der Waals surface area contributed by atoms with Crippen molar-refractivity contribution in [1.82, 2.24) is 13.7 Å². The standard InChI is InChI=1S/C17H25N3O5/c1-4-7-18-14(21)19(8-5-2)16(23)20(15(18)22)9-10-24-11-17(6-3)12-25-13-17/h4-5H,1-2,6-13H2,3H3. The van der Waals surface area contributed by atoms with Crippen LogP contribution < -0.4 is 17.1 Å². The van der Waals surface area contributed by atoms with Crippen molar-refractivity contribution in [2.24, 2.45) is 5.41 Å². The minimum Gasteiger partial charge on any atom is -0.380 e. The Morgan fingerprint density at radius 2 is 1.56 bits per heavy atom. The second kappa shape index (κ2) is 8.26. The monoisotopic (exact) mass is 351 g/mol. The van der Waals surface area contributed by atoms with Gasteiger partial charge in [-0.15, -0.1) is 13.2 Å². The summed E-state index contributed by atoms with van der Waals surface area (Å²) in [5, 5.41) is 0. The molecule has 8 heteroatoms. The number of allylic oxidation sites excluding steroid dienone is 2. The van der Waals surface area contributed by atoms with Gasteiger partial charge >= 0.3 is 17.1 Å². The van der Waals surface area contributed by atoms with Crippen LogP contribution in [0.2, 0.25) is 0 Å². The van der Waals surface area contributed by atoms with Gasteiger partial charge in [0.25, 0.3) is 0 Å². The van der Waals surface area contributed by atoms with Crippen molar-refractivity contribution in [2.75, 3.05) is 26.4 Å². The van der Waals surface area contributed by atoms with Gasteiger partial charge in [-0.2, -0.15) is 0 Å². The van der Waals surface area contributed by atoms with Crippen LogP contribution in [0, 0.1) is 5.41 Å². The number of ether oxygens (including phenoxy) is 2. The molecule has 1 aromatic rings. The minimum atomic E-state index is -0.663. The summed E-state index contributed by atoms with van der Waals surface area (Å²) in [4.78, 5) is 37.1. The molecule has 1 aromatic heterocycles. The quantitative estimate of drug-likeness (QED) is 0.437. The summed E-state index contributed by atoms with van der Waals surface area (Å²) in [5.41, 5.74) is -1.94. The highest BCUT2D eigenvalue weighted by Gasteiger charge is 2.36. The van der Waals surface area contributed by atoms with E-state index in [2.05, 4.69) is 20.1 Å². The van der Waals surface area contributed by atoms with Gasteiger partial charge < -0.3 is 9.47 Å². The van der Waals surface area contributed by atoms with E-state index >= 15 is 0 Å². The average Bonchev–Trinajstić information content (AvgIpc) is 2.57. The summed E-state index contributed by atoms with van der Waals surface area (Å²) >= 11 is 0. The van der Waals surface area contributed by atoms with Crippen LogP contribution in [0.15, 0.2) is 39.7 Å². The Hall–Kier alpha value is -2.19. The van der Waals surface area contributed by atoms with Crippen LogP contribution in [-0.2, 0) is 29.1 Å². The molecule has 0 N–H and O–H groups in total. The third kappa shape index (κ3) is 3.91. The Morgan fingerprint density at radius 1 is 1.04 bits per heavy atom. The van der Waals surface area contributed by atoms with Crippen molar-refractivity contribution in [2.45, 2.75) is 33.0 Å². The van der Waals surface area contributed by atoms with Crippen molar-refractivity contribution >= 4 is 0 Å². The molecule has 1 aliphatic heterocycles. The van der Waals surface area contributed by atoms with E-state index in [1.807, 2.05) is 0 Å². The number of hydrogen-bond acceptors (Lipinski definition) is 5. The van der Waals surface area contributed by atoms with Crippen molar-refractivity contribution < 1.29 is 9.47 Å². The van der Waals surface area contributed by atoms with Crippen LogP contribution in [0.3, 0.4) is 0 Å². The summed E-state index contributed by atoms with van der Waals surface area (Å²) in [6.45, 7) is 11.4. The van der Waals surface area contributed by atoms with Crippen LogP contribution in [0.4, 0.5) is 0 Å². The van der Waals surface area contributed by atoms with Crippen LogP contribution in [0.5, 0.6) is 0 Å². The molecular weight excluding hydrogens is 326 g/mol. The van der Waals surface area contributed by atoms with Gasteiger partial charge in [-0.3, -0.25) is 0 Å². The topological polar surface area (TPSA) is 84.5 Å². The predicted molar refractivity (Wildman–Crippen MR) is 94.0 cm³/mol. The van der Waals surface area contributed by atoms with E-state index in [0.717, 1.165) is 20.1 Å². The molecule has 2 rings (SSSR count). The third-order valence-corrected chi connectivity index (χ3v) is 4.44. The summed E-state index contributed by atoms with van der Waals surface area (Å²) in [6.07, 6.45) is 3.82. The van der Waals surface area contributed by atoms with Gasteiger partial charge in [0.05, 0.1) is 46.1 Å². The molecular formula is C17H25N3O5. The number of nitrogens with zero attached hydrogens (tertiary/aromatic N) is 3. The molecule has 1 aliphatic rings. The lowest BCUT2D eigenvalue weighted by Crippen LogP contribution is -2.54. The summed E-state index contributed by atoms with van der Waals surface area (Å²) in [6, 6.07) is 0. The van der Waals surface area contributed by atoms with Gasteiger partial charge in [0.2, 0.25) is 0 Å². The van der Waals surface area contributed by atoms with Gasteiger partial charge in [0.1, 0.15) is 0 Å². The van der Waals surface area contributed by atoms with Crippen LogP contribution in [-0.4, -0.2) is 40.1 Å². The molecule has 0 spiro atoms. The molecule has 8 nitrogen and oxygen atoms in total. The molecule has 0 bridgehead atoms. The zero-order chi connectivity index (χ0) is 18.4. The van der Waals surface area contributed by atoms with E-state index in [4.69, 9.17) is 9.47 Å². The van der Waals surface area contributed by atoms with Crippen molar-refractivity contribution in [3.63, 3.8) is 0 Å². The lowest BCUT2D eigenvalue weighted by molar-refractivity contribution is -0.150. The first-order valence-corrected chi connectivity index (χ1v) is 8.31. The zero-order valence-electron chi connectivity index (χ0n) is 14.6. The lowest BCUT2D eigenvalue weighted by Gasteiger charge is -2.40. The lowest BCUT2D eigenvalue weighted by atomic mass is 9.84. The van der Waals surface area contributed by atoms with Crippen molar-refractivity contribution in [3.05, 3.63) is 56.8 Å². The molecule has 0 radical (unpaired) electrons. The predicted octanol–water partition coefficient (Wildman–Crippen LogP) is -0.0131. The zero-order valence-corrected chi connectivity index (χ0v) is 14.6. The molecule has 0 amide bonds. The third-order valence-electron chi connectivity index (χ3n) is 4.44. The Kier molecular flexibility index (Phi) is 6.33. The highest BCUT2D eigenvalue weighted by atomic mass is 16.5. The van der Waals surface area contributed by atoms with Crippen molar-refractivity contribution in [3.8, 4) is 0 Å². The fourth-order valence-corrected chi connectivity index (χ4v) is 2.67. The molecule has 2 heterocycles. The number of hydrogen-bond donors (Lipinski definition) is 0. The van der Waals surface area contributed by atoms with E-state index < -0.39 is 17.1 Å². The van der Waals surface area contributed by atoms with Crippen LogP contribution in [0.25, 0.3) is 0 Å². The van der Waals surface area contributed by atoms with Crippen LogP contribution in [0.1, 0.15) is 13.3 Å². The van der Waals surface area contributed by atoms with Gasteiger partial charge in [-0.05, 0) is 6.42 Å². The molecule has 25 heavy (non-hydrogen) atoms. The van der Waals surface area contributed by atoms with Gasteiger partial charge in [-0.1, -0.05) is 19.1 Å². The van der Waals surface area contributed by atoms with E-state index in [-0.39, 0.29) is 31.7 Å². The first kappa shape index (κ1) is 19.1. The molecule has 0 aromatic carbocycles. The Bertz CT molecular complexity index is 744. The Balaban J connectivity index is 2.20. The maximum atomic E-state index is 12.4. The van der Waals surface area contributed by atoms with Gasteiger partial charge in [0, 0.05) is 5.41 Å². The normalized spacial score (nSPS) is 15.6. The van der Waals surface area contributed by atoms with Crippen LogP contribution >= 0.6 is 0 Å². The summed E-state index contributed by atoms with van der Waals surface area (Å²) in [7, 11) is 0. The molecule has 138 valence electrons. The summed E-state index contributed by atoms with van der Waals surface area (Å²) < 4.78 is 13.9. The molecule has 0 aliphatic carbocycles. The van der Waals surface area contributed by atoms with Gasteiger partial charge in [0.15, 0.2) is 0 Å². The molecule has 1 saturated heterocycles. The maximum absolute atomic E-state index is 12.4. The van der Waals surface area contributed by atoms with Gasteiger partial charge in [-0.25, -0.2) is 28.1 Å². The van der Waals surface area contributed by atoms with E-state index in [1.54, 1.807) is 0 Å². The Morgan fingerprint density at radius 3 is 1.96 bits per heavy atom. The first-order valence-electron chi connectivity index (χ1n) is 8.31. The highest BCUT2D eigenvalue weighted by molar-refractivity contribution is 4.85. The van der Waals surface area contributed by atoms with E-state index in [0.29, 0.717) is 19.8 Å². The first-order chi connectivity index (χ1) is 12.0. The average molecular weight is 351 g/mol. The summed E-state index contributed by atoms with van der Waals surface area (Å²) in [5.74, 6) is 0. The van der Waals surface area contributed by atoms with E-state index in [1.165, 1.54) is 12.2 Å². The molecule has 0 saturated carbocycles. The second-order valence-electron chi connectivity index (χ2n) is 6.20.